The van der Waals surface area contributed by atoms with Gasteiger partial charge in [0.05, 0.1) is 19.4 Å². The first-order valence-electron chi connectivity index (χ1n) is 10.6. The van der Waals surface area contributed by atoms with Crippen molar-refractivity contribution >= 4 is 22.2 Å². The topological polar surface area (TPSA) is 92.3 Å². The molecule has 1 aromatic carbocycles. The SMILES string of the molecule is O=C(/C=C/c1ccc(Oc2cccnc2)c(F)c1)N1CCN(S(=O)(=O)N2CCOCC2)CC1. The summed E-state index contributed by atoms with van der Waals surface area (Å²) in [6.07, 6.45) is 5.97. The Labute approximate surface area is 192 Å². The first kappa shape index (κ1) is 23.3. The van der Waals surface area contributed by atoms with E-state index in [1.165, 1.54) is 39.1 Å². The van der Waals surface area contributed by atoms with Gasteiger partial charge in [-0.1, -0.05) is 6.07 Å². The number of aromatic nitrogens is 1. The molecule has 11 heteroatoms. The number of halogens is 1. The number of benzene rings is 1. The number of carbonyl (C=O) groups excluding carboxylic acids is 1. The maximum atomic E-state index is 14.4. The minimum atomic E-state index is -3.55. The Hall–Kier alpha value is -2.86. The third-order valence-electron chi connectivity index (χ3n) is 5.41. The molecule has 0 N–H and O–H groups in total. The molecule has 2 aromatic rings. The molecule has 33 heavy (non-hydrogen) atoms. The van der Waals surface area contributed by atoms with E-state index in [4.69, 9.17) is 9.47 Å². The summed E-state index contributed by atoms with van der Waals surface area (Å²) in [5.41, 5.74) is 0.507. The molecule has 1 aromatic heterocycles. The predicted octanol–water partition coefficient (Wildman–Crippen LogP) is 1.75. The van der Waals surface area contributed by atoms with E-state index in [0.717, 1.165) is 0 Å². The number of ether oxygens (including phenoxy) is 2. The van der Waals surface area contributed by atoms with E-state index < -0.39 is 16.0 Å². The second kappa shape index (κ2) is 10.4. The van der Waals surface area contributed by atoms with Crippen LogP contribution in [0.5, 0.6) is 11.5 Å². The maximum Gasteiger partial charge on any atom is 0.282 e. The highest BCUT2D eigenvalue weighted by Crippen LogP contribution is 2.25. The Bertz CT molecular complexity index is 1100. The van der Waals surface area contributed by atoms with Crippen LogP contribution in [0.2, 0.25) is 0 Å². The summed E-state index contributed by atoms with van der Waals surface area (Å²) in [5.74, 6) is -0.335. The van der Waals surface area contributed by atoms with Crippen LogP contribution in [0.1, 0.15) is 5.56 Å². The van der Waals surface area contributed by atoms with Crippen LogP contribution in [0.4, 0.5) is 4.39 Å². The van der Waals surface area contributed by atoms with Gasteiger partial charge in [0.2, 0.25) is 5.91 Å². The van der Waals surface area contributed by atoms with Crippen molar-refractivity contribution in [3.63, 3.8) is 0 Å². The molecule has 1 amide bonds. The first-order chi connectivity index (χ1) is 15.9. The highest BCUT2D eigenvalue weighted by molar-refractivity contribution is 7.86. The summed E-state index contributed by atoms with van der Waals surface area (Å²) >= 11 is 0. The lowest BCUT2D eigenvalue weighted by molar-refractivity contribution is -0.127. The molecule has 0 radical (unpaired) electrons. The lowest BCUT2D eigenvalue weighted by Crippen LogP contribution is -2.55. The summed E-state index contributed by atoms with van der Waals surface area (Å²) in [4.78, 5) is 18.0. The van der Waals surface area contributed by atoms with E-state index >= 15 is 0 Å². The molecule has 4 rings (SSSR count). The molecule has 2 aliphatic heterocycles. The molecule has 9 nitrogen and oxygen atoms in total. The standard InChI is InChI=1S/C22H25FN4O5S/c23-20-16-18(3-5-21(20)32-19-2-1-7-24-17-19)4-6-22(28)25-8-10-26(11-9-25)33(29,30)27-12-14-31-15-13-27/h1-7,16-17H,8-15H2/b6-4+. The van der Waals surface area contributed by atoms with Crippen molar-refractivity contribution in [3.05, 3.63) is 60.2 Å². The Balaban J connectivity index is 1.31. The highest BCUT2D eigenvalue weighted by atomic mass is 32.2. The van der Waals surface area contributed by atoms with Gasteiger partial charge in [-0.2, -0.15) is 17.0 Å². The maximum absolute atomic E-state index is 14.4. The molecule has 0 spiro atoms. The van der Waals surface area contributed by atoms with Crippen LogP contribution >= 0.6 is 0 Å². The largest absolute Gasteiger partial charge is 0.453 e. The third kappa shape index (κ3) is 5.74. The Morgan fingerprint density at radius 3 is 2.45 bits per heavy atom. The fraction of sp³-hybridized carbons (Fsp3) is 0.364. The molecule has 0 bridgehead atoms. The lowest BCUT2D eigenvalue weighted by atomic mass is 10.2. The highest BCUT2D eigenvalue weighted by Gasteiger charge is 2.33. The van der Waals surface area contributed by atoms with Crippen molar-refractivity contribution < 1.29 is 27.1 Å². The van der Waals surface area contributed by atoms with E-state index in [2.05, 4.69) is 4.98 Å². The van der Waals surface area contributed by atoms with E-state index in [1.807, 2.05) is 0 Å². The summed E-state index contributed by atoms with van der Waals surface area (Å²) in [7, 11) is -3.55. The molecule has 2 saturated heterocycles. The first-order valence-corrected chi connectivity index (χ1v) is 12.0. The van der Waals surface area contributed by atoms with Crippen molar-refractivity contribution in [3.8, 4) is 11.5 Å². The van der Waals surface area contributed by atoms with Gasteiger partial charge < -0.3 is 14.4 Å². The van der Waals surface area contributed by atoms with Gasteiger partial charge in [0, 0.05) is 51.5 Å². The molecule has 0 unspecified atom stereocenters. The van der Waals surface area contributed by atoms with E-state index in [9.17, 15) is 17.6 Å². The van der Waals surface area contributed by atoms with E-state index in [1.54, 1.807) is 29.3 Å². The summed E-state index contributed by atoms with van der Waals surface area (Å²) in [6, 6.07) is 7.77. The van der Waals surface area contributed by atoms with Crippen molar-refractivity contribution in [2.75, 3.05) is 52.5 Å². The molecule has 2 fully saturated rings. The number of pyridine rings is 1. The zero-order chi connectivity index (χ0) is 23.3. The summed E-state index contributed by atoms with van der Waals surface area (Å²) in [5, 5.41) is 0. The van der Waals surface area contributed by atoms with Crippen LogP contribution in [-0.2, 0) is 19.7 Å². The van der Waals surface area contributed by atoms with Crippen molar-refractivity contribution in [2.24, 2.45) is 0 Å². The molecule has 0 aliphatic carbocycles. The molecular formula is C22H25FN4O5S. The molecular weight excluding hydrogens is 451 g/mol. The number of amides is 1. The van der Waals surface area contributed by atoms with Crippen molar-refractivity contribution in [2.45, 2.75) is 0 Å². The molecule has 0 saturated carbocycles. The molecule has 176 valence electrons. The Morgan fingerprint density at radius 1 is 1.06 bits per heavy atom. The second-order valence-electron chi connectivity index (χ2n) is 7.56. The van der Waals surface area contributed by atoms with Gasteiger partial charge in [-0.3, -0.25) is 9.78 Å². The fourth-order valence-corrected chi connectivity index (χ4v) is 5.15. The van der Waals surface area contributed by atoms with E-state index in [-0.39, 0.29) is 24.7 Å². The average Bonchev–Trinajstić information content (AvgIpc) is 2.85. The number of piperazine rings is 1. The van der Waals surface area contributed by atoms with Crippen LogP contribution in [0, 0.1) is 5.82 Å². The summed E-state index contributed by atoms with van der Waals surface area (Å²) in [6.45, 7) is 2.50. The second-order valence-corrected chi connectivity index (χ2v) is 9.49. The predicted molar refractivity (Wildman–Crippen MR) is 119 cm³/mol. The lowest BCUT2D eigenvalue weighted by Gasteiger charge is -2.37. The summed E-state index contributed by atoms with van der Waals surface area (Å²) < 4.78 is 53.3. The molecule has 2 aliphatic rings. The number of hydrogen-bond donors (Lipinski definition) is 0. The molecule has 3 heterocycles. The van der Waals surface area contributed by atoms with Gasteiger partial charge in [0.1, 0.15) is 5.75 Å². The number of hydrogen-bond acceptors (Lipinski definition) is 6. The number of nitrogens with zero attached hydrogens (tertiary/aromatic N) is 4. The van der Waals surface area contributed by atoms with Crippen LogP contribution in [0.15, 0.2) is 48.8 Å². The van der Waals surface area contributed by atoms with Gasteiger partial charge >= 0.3 is 0 Å². The Kier molecular flexibility index (Phi) is 7.33. The van der Waals surface area contributed by atoms with Crippen molar-refractivity contribution in [1.29, 1.82) is 0 Å². The van der Waals surface area contributed by atoms with Gasteiger partial charge in [0.15, 0.2) is 11.6 Å². The fourth-order valence-electron chi connectivity index (χ4n) is 3.59. The van der Waals surface area contributed by atoms with Gasteiger partial charge in [-0.05, 0) is 35.9 Å². The minimum absolute atomic E-state index is 0.0593. The molecule has 0 atom stereocenters. The van der Waals surface area contributed by atoms with E-state index in [0.29, 0.717) is 50.7 Å². The smallest absolute Gasteiger partial charge is 0.282 e. The minimum Gasteiger partial charge on any atom is -0.453 e. The van der Waals surface area contributed by atoms with Crippen molar-refractivity contribution in [1.82, 2.24) is 18.5 Å². The van der Waals surface area contributed by atoms with Crippen LogP contribution < -0.4 is 4.74 Å². The normalized spacial score (nSPS) is 18.5. The monoisotopic (exact) mass is 476 g/mol. The number of morpholine rings is 1. The number of carbonyl (C=O) groups is 1. The zero-order valence-corrected chi connectivity index (χ0v) is 18.8. The van der Waals surface area contributed by atoms with Crippen LogP contribution in [0.25, 0.3) is 6.08 Å². The van der Waals surface area contributed by atoms with Gasteiger partial charge in [-0.25, -0.2) is 4.39 Å². The van der Waals surface area contributed by atoms with Crippen LogP contribution in [-0.4, -0.2) is 85.3 Å². The average molecular weight is 477 g/mol. The Morgan fingerprint density at radius 2 is 1.79 bits per heavy atom. The third-order valence-corrected chi connectivity index (χ3v) is 7.44. The number of rotatable bonds is 6. The van der Waals surface area contributed by atoms with Gasteiger partial charge in [-0.15, -0.1) is 0 Å². The van der Waals surface area contributed by atoms with Crippen LogP contribution in [0.3, 0.4) is 0 Å². The zero-order valence-electron chi connectivity index (χ0n) is 18.0. The quantitative estimate of drug-likeness (QED) is 0.590. The van der Waals surface area contributed by atoms with Gasteiger partial charge in [0.25, 0.3) is 10.2 Å².